The smallest absolute Gasteiger partial charge is 0.238 e. The fourth-order valence-corrected chi connectivity index (χ4v) is 2.48. The first-order valence-electron chi connectivity index (χ1n) is 7.48. The van der Waals surface area contributed by atoms with E-state index in [1.807, 2.05) is 49.7 Å². The number of rotatable bonds is 5. The molecule has 6 nitrogen and oxygen atoms in total. The second-order valence-corrected chi connectivity index (χ2v) is 5.73. The SMILES string of the molecule is CCc1nnc(C(C)Nc2cnn(-c3cccc(Cl)c3)c2C)o1. The van der Waals surface area contributed by atoms with E-state index in [2.05, 4.69) is 20.6 Å². The van der Waals surface area contributed by atoms with Gasteiger partial charge in [-0.1, -0.05) is 24.6 Å². The van der Waals surface area contributed by atoms with Crippen LogP contribution in [0.15, 0.2) is 34.9 Å². The van der Waals surface area contributed by atoms with Gasteiger partial charge in [-0.25, -0.2) is 4.68 Å². The molecule has 0 aliphatic heterocycles. The van der Waals surface area contributed by atoms with Gasteiger partial charge >= 0.3 is 0 Å². The summed E-state index contributed by atoms with van der Waals surface area (Å²) in [5, 5.41) is 16.5. The normalized spacial score (nSPS) is 12.3. The zero-order valence-corrected chi connectivity index (χ0v) is 14.0. The first-order chi connectivity index (χ1) is 11.1. The first-order valence-corrected chi connectivity index (χ1v) is 7.85. The monoisotopic (exact) mass is 331 g/mol. The molecule has 2 aromatic heterocycles. The van der Waals surface area contributed by atoms with Crippen molar-refractivity contribution in [3.63, 3.8) is 0 Å². The molecule has 1 atom stereocenters. The number of nitrogens with one attached hydrogen (secondary N) is 1. The Morgan fingerprint density at radius 2 is 2.17 bits per heavy atom. The van der Waals surface area contributed by atoms with Crippen LogP contribution in [0, 0.1) is 6.92 Å². The maximum Gasteiger partial charge on any atom is 0.238 e. The fraction of sp³-hybridized carbons (Fsp3) is 0.312. The van der Waals surface area contributed by atoms with Gasteiger partial charge in [-0.05, 0) is 32.0 Å². The van der Waals surface area contributed by atoms with Gasteiger partial charge in [-0.2, -0.15) is 5.10 Å². The van der Waals surface area contributed by atoms with Gasteiger partial charge in [0.05, 0.1) is 23.3 Å². The van der Waals surface area contributed by atoms with Crippen LogP contribution >= 0.6 is 11.6 Å². The number of nitrogens with zero attached hydrogens (tertiary/aromatic N) is 4. The molecule has 3 rings (SSSR count). The van der Waals surface area contributed by atoms with E-state index < -0.39 is 0 Å². The van der Waals surface area contributed by atoms with E-state index in [4.69, 9.17) is 16.0 Å². The Balaban J connectivity index is 1.82. The van der Waals surface area contributed by atoms with Crippen LogP contribution in [0.5, 0.6) is 0 Å². The minimum Gasteiger partial charge on any atom is -0.423 e. The van der Waals surface area contributed by atoms with Crippen molar-refractivity contribution in [3.05, 3.63) is 53.0 Å². The molecule has 120 valence electrons. The largest absolute Gasteiger partial charge is 0.423 e. The van der Waals surface area contributed by atoms with Crippen LogP contribution in [0.3, 0.4) is 0 Å². The van der Waals surface area contributed by atoms with Gasteiger partial charge < -0.3 is 9.73 Å². The third-order valence-corrected chi connectivity index (χ3v) is 3.83. The molecule has 1 N–H and O–H groups in total. The lowest BCUT2D eigenvalue weighted by atomic mass is 10.3. The number of benzene rings is 1. The molecule has 0 fully saturated rings. The van der Waals surface area contributed by atoms with E-state index in [0.717, 1.165) is 23.5 Å². The van der Waals surface area contributed by atoms with Gasteiger partial charge in [0.2, 0.25) is 11.8 Å². The van der Waals surface area contributed by atoms with E-state index in [1.165, 1.54) is 0 Å². The van der Waals surface area contributed by atoms with E-state index in [-0.39, 0.29) is 6.04 Å². The number of aryl methyl sites for hydroxylation is 1. The minimum absolute atomic E-state index is 0.0986. The summed E-state index contributed by atoms with van der Waals surface area (Å²) in [6.07, 6.45) is 2.51. The summed E-state index contributed by atoms with van der Waals surface area (Å²) in [5.74, 6) is 1.21. The average molecular weight is 332 g/mol. The lowest BCUT2D eigenvalue weighted by molar-refractivity contribution is 0.439. The molecule has 0 aliphatic rings. The quantitative estimate of drug-likeness (QED) is 0.766. The third-order valence-electron chi connectivity index (χ3n) is 3.59. The average Bonchev–Trinajstić information content (AvgIpc) is 3.15. The highest BCUT2D eigenvalue weighted by Gasteiger charge is 2.16. The van der Waals surface area contributed by atoms with Crippen molar-refractivity contribution in [3.8, 4) is 5.69 Å². The van der Waals surface area contributed by atoms with E-state index >= 15 is 0 Å². The lowest BCUT2D eigenvalue weighted by Crippen LogP contribution is -2.08. The summed E-state index contributed by atoms with van der Waals surface area (Å²) in [5.41, 5.74) is 2.81. The number of aromatic nitrogens is 4. The Hall–Kier alpha value is -2.34. The zero-order valence-electron chi connectivity index (χ0n) is 13.2. The third kappa shape index (κ3) is 3.22. The van der Waals surface area contributed by atoms with Gasteiger partial charge in [-0.15, -0.1) is 10.2 Å². The number of halogens is 1. The molecule has 3 aromatic rings. The summed E-state index contributed by atoms with van der Waals surface area (Å²) in [6, 6.07) is 7.48. The predicted molar refractivity (Wildman–Crippen MR) is 89.0 cm³/mol. The highest BCUT2D eigenvalue weighted by Crippen LogP contribution is 2.24. The maximum absolute atomic E-state index is 6.05. The lowest BCUT2D eigenvalue weighted by Gasteiger charge is -2.11. The summed E-state index contributed by atoms with van der Waals surface area (Å²) in [7, 11) is 0. The van der Waals surface area contributed by atoms with Crippen LogP contribution in [-0.2, 0) is 6.42 Å². The zero-order chi connectivity index (χ0) is 16.4. The van der Waals surface area contributed by atoms with Crippen molar-refractivity contribution in [1.29, 1.82) is 0 Å². The summed E-state index contributed by atoms with van der Waals surface area (Å²) < 4.78 is 7.42. The van der Waals surface area contributed by atoms with Crippen LogP contribution in [-0.4, -0.2) is 20.0 Å². The standard InChI is InChI=1S/C16H18ClN5O/c1-4-15-20-21-16(23-15)10(2)19-14-9-18-22(11(14)3)13-7-5-6-12(17)8-13/h5-10,19H,4H2,1-3H3. The highest BCUT2D eigenvalue weighted by molar-refractivity contribution is 6.30. The Kier molecular flexibility index (Phi) is 4.34. The minimum atomic E-state index is -0.0986. The fourth-order valence-electron chi connectivity index (χ4n) is 2.30. The van der Waals surface area contributed by atoms with Gasteiger partial charge in [0.1, 0.15) is 6.04 Å². The summed E-state index contributed by atoms with van der Waals surface area (Å²) >= 11 is 6.05. The second-order valence-electron chi connectivity index (χ2n) is 5.29. The first kappa shape index (κ1) is 15.6. The number of anilines is 1. The molecular weight excluding hydrogens is 314 g/mol. The molecule has 0 saturated carbocycles. The Morgan fingerprint density at radius 3 is 2.87 bits per heavy atom. The van der Waals surface area contributed by atoms with Crippen molar-refractivity contribution in [2.45, 2.75) is 33.2 Å². The summed E-state index contributed by atoms with van der Waals surface area (Å²) in [6.45, 7) is 5.95. The van der Waals surface area contributed by atoms with Crippen molar-refractivity contribution in [2.75, 3.05) is 5.32 Å². The van der Waals surface area contributed by atoms with Crippen LogP contribution in [0.1, 0.15) is 37.4 Å². The van der Waals surface area contributed by atoms with Crippen LogP contribution in [0.25, 0.3) is 5.69 Å². The van der Waals surface area contributed by atoms with Crippen LogP contribution < -0.4 is 5.32 Å². The van der Waals surface area contributed by atoms with Gasteiger partial charge in [0, 0.05) is 11.4 Å². The number of hydrogen-bond acceptors (Lipinski definition) is 5. The molecule has 1 unspecified atom stereocenters. The van der Waals surface area contributed by atoms with Gasteiger partial charge in [0.25, 0.3) is 0 Å². The molecule has 2 heterocycles. The molecule has 0 aliphatic carbocycles. The molecule has 7 heteroatoms. The molecule has 0 spiro atoms. The molecule has 1 aromatic carbocycles. The van der Waals surface area contributed by atoms with Crippen molar-refractivity contribution in [2.24, 2.45) is 0 Å². The molecule has 0 radical (unpaired) electrons. The van der Waals surface area contributed by atoms with E-state index in [0.29, 0.717) is 16.8 Å². The Bertz CT molecular complexity index is 810. The van der Waals surface area contributed by atoms with Gasteiger partial charge in [-0.3, -0.25) is 0 Å². The van der Waals surface area contributed by atoms with E-state index in [1.54, 1.807) is 6.20 Å². The second kappa shape index (κ2) is 6.42. The molecule has 0 amide bonds. The molecule has 0 saturated heterocycles. The predicted octanol–water partition coefficient (Wildman–Crippen LogP) is 3.95. The molecular formula is C16H18ClN5O. The topological polar surface area (TPSA) is 68.8 Å². The molecule has 0 bridgehead atoms. The molecule has 23 heavy (non-hydrogen) atoms. The number of hydrogen-bond donors (Lipinski definition) is 1. The van der Waals surface area contributed by atoms with Crippen LogP contribution in [0.4, 0.5) is 5.69 Å². The highest BCUT2D eigenvalue weighted by atomic mass is 35.5. The van der Waals surface area contributed by atoms with E-state index in [9.17, 15) is 0 Å². The van der Waals surface area contributed by atoms with Crippen LogP contribution in [0.2, 0.25) is 5.02 Å². The maximum atomic E-state index is 6.05. The summed E-state index contributed by atoms with van der Waals surface area (Å²) in [4.78, 5) is 0. The van der Waals surface area contributed by atoms with Crippen molar-refractivity contribution in [1.82, 2.24) is 20.0 Å². The van der Waals surface area contributed by atoms with Crippen molar-refractivity contribution < 1.29 is 4.42 Å². The Labute approximate surface area is 139 Å². The van der Waals surface area contributed by atoms with Crippen molar-refractivity contribution >= 4 is 17.3 Å². The Morgan fingerprint density at radius 1 is 1.35 bits per heavy atom. The van der Waals surface area contributed by atoms with Gasteiger partial charge in [0.15, 0.2) is 0 Å².